The minimum Gasteiger partial charge on any atom is -0.490 e. The van der Waals surface area contributed by atoms with Crippen LogP contribution in [0.4, 0.5) is 0 Å². The number of hydrogen-bond donors (Lipinski definition) is 2. The SMILES string of the molecule is Cc1ccccc1OCC(=O)N[C@@H](CC(C)C)C(=O)N/N=C\c1ccccc1OC(C)C. The van der Waals surface area contributed by atoms with Gasteiger partial charge < -0.3 is 14.8 Å². The van der Waals surface area contributed by atoms with E-state index >= 15 is 0 Å². The van der Waals surface area contributed by atoms with Gasteiger partial charge in [-0.2, -0.15) is 5.10 Å². The molecule has 0 saturated heterocycles. The smallest absolute Gasteiger partial charge is 0.262 e. The van der Waals surface area contributed by atoms with Gasteiger partial charge >= 0.3 is 0 Å². The molecule has 0 fully saturated rings. The van der Waals surface area contributed by atoms with E-state index < -0.39 is 6.04 Å². The molecular formula is C25H33N3O4. The quantitative estimate of drug-likeness (QED) is 0.411. The number of para-hydroxylation sites is 2. The van der Waals surface area contributed by atoms with Crippen molar-refractivity contribution in [2.24, 2.45) is 11.0 Å². The van der Waals surface area contributed by atoms with Crippen LogP contribution in [0.1, 0.15) is 45.2 Å². The standard InChI is InChI=1S/C25H33N3O4/c1-17(2)14-21(27-24(29)16-31-22-12-8-6-10-19(22)5)25(30)28-26-15-20-11-7-9-13-23(20)32-18(3)4/h6-13,15,17-18,21H,14,16H2,1-5H3,(H,27,29)(H,28,30)/b26-15-/t21-/m0/s1. The van der Waals surface area contributed by atoms with Gasteiger partial charge in [0.15, 0.2) is 6.61 Å². The first kappa shape index (κ1) is 24.9. The van der Waals surface area contributed by atoms with Gasteiger partial charge in [0.25, 0.3) is 11.8 Å². The Morgan fingerprint density at radius 2 is 1.66 bits per heavy atom. The van der Waals surface area contributed by atoms with Gasteiger partial charge in [0.1, 0.15) is 17.5 Å². The highest BCUT2D eigenvalue weighted by Crippen LogP contribution is 2.17. The highest BCUT2D eigenvalue weighted by molar-refractivity contribution is 5.89. The fraction of sp³-hybridized carbons (Fsp3) is 0.400. The van der Waals surface area contributed by atoms with Crippen LogP contribution in [0.2, 0.25) is 0 Å². The number of carbonyl (C=O) groups excluding carboxylic acids is 2. The molecule has 2 N–H and O–H groups in total. The fourth-order valence-corrected chi connectivity index (χ4v) is 2.99. The van der Waals surface area contributed by atoms with Crippen molar-refractivity contribution in [2.45, 2.75) is 53.2 Å². The van der Waals surface area contributed by atoms with Crippen molar-refractivity contribution in [3.8, 4) is 11.5 Å². The number of aryl methyl sites for hydroxylation is 1. The summed E-state index contributed by atoms with van der Waals surface area (Å²) in [7, 11) is 0. The maximum absolute atomic E-state index is 12.7. The molecule has 0 radical (unpaired) electrons. The summed E-state index contributed by atoms with van der Waals surface area (Å²) in [5, 5.41) is 6.81. The summed E-state index contributed by atoms with van der Waals surface area (Å²) in [6.07, 6.45) is 2.03. The van der Waals surface area contributed by atoms with Crippen LogP contribution in [-0.2, 0) is 9.59 Å². The van der Waals surface area contributed by atoms with Crippen molar-refractivity contribution in [3.05, 3.63) is 59.7 Å². The predicted molar refractivity (Wildman–Crippen MR) is 126 cm³/mol. The number of rotatable bonds is 11. The third-order valence-corrected chi connectivity index (χ3v) is 4.47. The van der Waals surface area contributed by atoms with Crippen LogP contribution in [0.15, 0.2) is 53.6 Å². The molecule has 2 aromatic carbocycles. The zero-order valence-corrected chi connectivity index (χ0v) is 19.4. The molecule has 2 rings (SSSR count). The number of hydrazone groups is 1. The van der Waals surface area contributed by atoms with E-state index in [0.717, 1.165) is 11.1 Å². The Labute approximate surface area is 190 Å². The van der Waals surface area contributed by atoms with Crippen LogP contribution in [-0.4, -0.2) is 36.8 Å². The van der Waals surface area contributed by atoms with Crippen LogP contribution in [0.3, 0.4) is 0 Å². The maximum atomic E-state index is 12.7. The molecular weight excluding hydrogens is 406 g/mol. The first-order valence-corrected chi connectivity index (χ1v) is 10.8. The van der Waals surface area contributed by atoms with Crippen molar-refractivity contribution in [2.75, 3.05) is 6.61 Å². The lowest BCUT2D eigenvalue weighted by atomic mass is 10.0. The summed E-state index contributed by atoms with van der Waals surface area (Å²) in [4.78, 5) is 25.1. The minimum absolute atomic E-state index is 0.0201. The predicted octanol–water partition coefficient (Wildman–Crippen LogP) is 3.84. The highest BCUT2D eigenvalue weighted by Gasteiger charge is 2.22. The maximum Gasteiger partial charge on any atom is 0.262 e. The molecule has 0 spiro atoms. The largest absolute Gasteiger partial charge is 0.490 e. The Morgan fingerprint density at radius 1 is 1.00 bits per heavy atom. The molecule has 0 unspecified atom stereocenters. The molecule has 32 heavy (non-hydrogen) atoms. The third kappa shape index (κ3) is 8.41. The molecule has 172 valence electrons. The highest BCUT2D eigenvalue weighted by atomic mass is 16.5. The Hall–Kier alpha value is -3.35. The first-order valence-electron chi connectivity index (χ1n) is 10.8. The van der Waals surface area contributed by atoms with Gasteiger partial charge in [0.05, 0.1) is 12.3 Å². The molecule has 0 aromatic heterocycles. The van der Waals surface area contributed by atoms with Crippen LogP contribution in [0.25, 0.3) is 0 Å². The Kier molecular flexibility index (Phi) is 9.73. The molecule has 0 aliphatic heterocycles. The number of amides is 2. The zero-order valence-electron chi connectivity index (χ0n) is 19.4. The number of hydrogen-bond acceptors (Lipinski definition) is 5. The molecule has 2 amide bonds. The summed E-state index contributed by atoms with van der Waals surface area (Å²) in [5.41, 5.74) is 4.21. The van der Waals surface area contributed by atoms with E-state index in [1.807, 2.05) is 77.1 Å². The average Bonchev–Trinajstić information content (AvgIpc) is 2.73. The molecule has 0 heterocycles. The van der Waals surface area contributed by atoms with E-state index in [1.54, 1.807) is 6.07 Å². The number of nitrogens with zero attached hydrogens (tertiary/aromatic N) is 1. The van der Waals surface area contributed by atoms with Gasteiger partial charge in [-0.05, 0) is 56.9 Å². The van der Waals surface area contributed by atoms with E-state index in [-0.39, 0.29) is 30.4 Å². The molecule has 0 aliphatic carbocycles. The lowest BCUT2D eigenvalue weighted by molar-refractivity contribution is -0.130. The summed E-state index contributed by atoms with van der Waals surface area (Å²) in [5.74, 6) is 0.767. The molecule has 2 aromatic rings. The molecule has 0 bridgehead atoms. The van der Waals surface area contributed by atoms with Crippen molar-refractivity contribution >= 4 is 18.0 Å². The monoisotopic (exact) mass is 439 g/mol. The molecule has 0 aliphatic rings. The summed E-state index contributed by atoms with van der Waals surface area (Å²) >= 11 is 0. The second-order valence-electron chi connectivity index (χ2n) is 8.24. The topological polar surface area (TPSA) is 89.0 Å². The van der Waals surface area contributed by atoms with Gasteiger partial charge in [0.2, 0.25) is 0 Å². The first-order chi connectivity index (χ1) is 15.3. The number of nitrogens with one attached hydrogen (secondary N) is 2. The fourth-order valence-electron chi connectivity index (χ4n) is 2.99. The second-order valence-corrected chi connectivity index (χ2v) is 8.24. The molecule has 7 heteroatoms. The number of carbonyl (C=O) groups is 2. The summed E-state index contributed by atoms with van der Waals surface area (Å²) in [6, 6.07) is 14.2. The van der Waals surface area contributed by atoms with Crippen molar-refractivity contribution in [1.29, 1.82) is 0 Å². The average molecular weight is 440 g/mol. The van der Waals surface area contributed by atoms with E-state index in [4.69, 9.17) is 9.47 Å². The molecule has 7 nitrogen and oxygen atoms in total. The normalized spacial score (nSPS) is 12.1. The van der Waals surface area contributed by atoms with Crippen molar-refractivity contribution in [3.63, 3.8) is 0 Å². The van der Waals surface area contributed by atoms with E-state index in [1.165, 1.54) is 6.21 Å². The van der Waals surface area contributed by atoms with Crippen LogP contribution >= 0.6 is 0 Å². The Balaban J connectivity index is 1.96. The molecule has 1 atom stereocenters. The summed E-state index contributed by atoms with van der Waals surface area (Å²) < 4.78 is 11.3. The van der Waals surface area contributed by atoms with Gasteiger partial charge in [-0.15, -0.1) is 0 Å². The van der Waals surface area contributed by atoms with Gasteiger partial charge in [-0.25, -0.2) is 5.43 Å². The lowest BCUT2D eigenvalue weighted by Crippen LogP contribution is -2.47. The van der Waals surface area contributed by atoms with E-state index in [9.17, 15) is 9.59 Å². The van der Waals surface area contributed by atoms with Gasteiger partial charge in [-0.3, -0.25) is 9.59 Å². The van der Waals surface area contributed by atoms with E-state index in [2.05, 4.69) is 15.8 Å². The molecule has 0 saturated carbocycles. The van der Waals surface area contributed by atoms with Crippen molar-refractivity contribution < 1.29 is 19.1 Å². The summed E-state index contributed by atoms with van der Waals surface area (Å²) in [6.45, 7) is 9.59. The zero-order chi connectivity index (χ0) is 23.5. The Morgan fingerprint density at radius 3 is 2.31 bits per heavy atom. The van der Waals surface area contributed by atoms with Crippen LogP contribution < -0.4 is 20.2 Å². The van der Waals surface area contributed by atoms with Crippen molar-refractivity contribution in [1.82, 2.24) is 10.7 Å². The second kappa shape index (κ2) is 12.5. The Bertz CT molecular complexity index is 925. The van der Waals surface area contributed by atoms with Crippen LogP contribution in [0, 0.1) is 12.8 Å². The van der Waals surface area contributed by atoms with Gasteiger partial charge in [-0.1, -0.05) is 44.2 Å². The minimum atomic E-state index is -0.720. The van der Waals surface area contributed by atoms with E-state index in [0.29, 0.717) is 17.9 Å². The lowest BCUT2D eigenvalue weighted by Gasteiger charge is -2.19. The van der Waals surface area contributed by atoms with Crippen LogP contribution in [0.5, 0.6) is 11.5 Å². The number of benzene rings is 2. The number of ether oxygens (including phenoxy) is 2. The third-order valence-electron chi connectivity index (χ3n) is 4.47. The van der Waals surface area contributed by atoms with Gasteiger partial charge in [0, 0.05) is 5.56 Å².